The lowest BCUT2D eigenvalue weighted by atomic mass is 10.1. The van der Waals surface area contributed by atoms with E-state index in [-0.39, 0.29) is 5.13 Å². The number of aromatic nitrogens is 2. The monoisotopic (exact) mass is 313 g/mol. The Morgan fingerprint density at radius 1 is 1.24 bits per heavy atom. The minimum Gasteiger partial charge on any atom is -0.296 e. The molecule has 0 radical (unpaired) electrons. The Bertz CT molecular complexity index is 679. The third kappa shape index (κ3) is 3.05. The summed E-state index contributed by atoms with van der Waals surface area (Å²) in [6.07, 6.45) is -2.49. The van der Waals surface area contributed by atoms with Crippen LogP contribution in [-0.2, 0) is 6.18 Å². The molecular formula is C13H10F3N3OS. The Labute approximate surface area is 122 Å². The van der Waals surface area contributed by atoms with Crippen molar-refractivity contribution in [2.75, 3.05) is 5.32 Å². The van der Waals surface area contributed by atoms with Gasteiger partial charge in [0.25, 0.3) is 5.91 Å². The summed E-state index contributed by atoms with van der Waals surface area (Å²) in [6, 6.07) is 4.65. The largest absolute Gasteiger partial charge is 0.417 e. The molecular weight excluding hydrogens is 303 g/mol. The van der Waals surface area contributed by atoms with Crippen molar-refractivity contribution in [3.63, 3.8) is 0 Å². The normalized spacial score (nSPS) is 15.0. The van der Waals surface area contributed by atoms with Crippen LogP contribution < -0.4 is 5.32 Å². The lowest BCUT2D eigenvalue weighted by Gasteiger charge is -2.11. The summed E-state index contributed by atoms with van der Waals surface area (Å²) in [5.41, 5.74) is -1.39. The molecule has 1 aliphatic carbocycles. The van der Waals surface area contributed by atoms with Crippen molar-refractivity contribution in [2.24, 2.45) is 0 Å². The minimum absolute atomic E-state index is 0.221. The molecule has 4 nitrogen and oxygen atoms in total. The van der Waals surface area contributed by atoms with Gasteiger partial charge in [-0.05, 0) is 25.0 Å². The smallest absolute Gasteiger partial charge is 0.296 e. The molecule has 0 bridgehead atoms. The van der Waals surface area contributed by atoms with Crippen molar-refractivity contribution in [3.8, 4) is 0 Å². The number of hydrogen-bond donors (Lipinski definition) is 1. The van der Waals surface area contributed by atoms with E-state index in [1.165, 1.54) is 23.5 Å². The molecule has 0 unspecified atom stereocenters. The zero-order valence-corrected chi connectivity index (χ0v) is 11.5. The first-order valence-corrected chi connectivity index (χ1v) is 7.08. The first kappa shape index (κ1) is 14.0. The molecule has 1 saturated carbocycles. The third-order valence-electron chi connectivity index (χ3n) is 3.06. The van der Waals surface area contributed by atoms with Gasteiger partial charge in [-0.25, -0.2) is 0 Å². The van der Waals surface area contributed by atoms with E-state index in [0.717, 1.165) is 30.0 Å². The van der Waals surface area contributed by atoms with Gasteiger partial charge in [-0.3, -0.25) is 10.1 Å². The second-order valence-corrected chi connectivity index (χ2v) is 5.73. The quantitative estimate of drug-likeness (QED) is 0.940. The first-order chi connectivity index (χ1) is 9.95. The van der Waals surface area contributed by atoms with Crippen LogP contribution in [0.4, 0.5) is 18.3 Å². The van der Waals surface area contributed by atoms with Crippen molar-refractivity contribution < 1.29 is 18.0 Å². The number of alkyl halides is 3. The summed E-state index contributed by atoms with van der Waals surface area (Å²) in [6.45, 7) is 0. The van der Waals surface area contributed by atoms with Crippen LogP contribution in [0, 0.1) is 0 Å². The van der Waals surface area contributed by atoms with Crippen LogP contribution in [0.15, 0.2) is 24.3 Å². The van der Waals surface area contributed by atoms with Crippen LogP contribution in [0.1, 0.15) is 39.7 Å². The number of benzene rings is 1. The van der Waals surface area contributed by atoms with Gasteiger partial charge in [0.2, 0.25) is 5.13 Å². The minimum atomic E-state index is -4.58. The molecule has 0 saturated heterocycles. The highest BCUT2D eigenvalue weighted by Crippen LogP contribution is 2.42. The molecule has 0 atom stereocenters. The Morgan fingerprint density at radius 2 is 1.95 bits per heavy atom. The van der Waals surface area contributed by atoms with E-state index in [2.05, 4.69) is 15.5 Å². The van der Waals surface area contributed by atoms with Crippen molar-refractivity contribution >= 4 is 22.4 Å². The van der Waals surface area contributed by atoms with Gasteiger partial charge in [-0.15, -0.1) is 10.2 Å². The number of amides is 1. The molecule has 8 heteroatoms. The van der Waals surface area contributed by atoms with Gasteiger partial charge >= 0.3 is 6.18 Å². The first-order valence-electron chi connectivity index (χ1n) is 6.26. The van der Waals surface area contributed by atoms with E-state index in [0.29, 0.717) is 5.92 Å². The van der Waals surface area contributed by atoms with Crippen LogP contribution >= 0.6 is 11.3 Å². The van der Waals surface area contributed by atoms with Crippen molar-refractivity contribution in [2.45, 2.75) is 24.9 Å². The van der Waals surface area contributed by atoms with E-state index in [1.807, 2.05) is 0 Å². The second-order valence-electron chi connectivity index (χ2n) is 4.72. The summed E-state index contributed by atoms with van der Waals surface area (Å²) in [5.74, 6) is -0.447. The van der Waals surface area contributed by atoms with Gasteiger partial charge < -0.3 is 0 Å². The van der Waals surface area contributed by atoms with E-state index in [9.17, 15) is 18.0 Å². The number of carbonyl (C=O) groups excluding carboxylic acids is 1. The predicted molar refractivity (Wildman–Crippen MR) is 71.3 cm³/mol. The Balaban J connectivity index is 1.81. The Morgan fingerprint density at radius 3 is 2.62 bits per heavy atom. The fourth-order valence-electron chi connectivity index (χ4n) is 1.87. The Hall–Kier alpha value is -1.96. The maximum atomic E-state index is 12.9. The number of nitrogens with one attached hydrogen (secondary N) is 1. The summed E-state index contributed by atoms with van der Waals surface area (Å²) >= 11 is 1.20. The van der Waals surface area contributed by atoms with Gasteiger partial charge in [0.05, 0.1) is 11.1 Å². The predicted octanol–water partition coefficient (Wildman–Crippen LogP) is 3.69. The molecule has 21 heavy (non-hydrogen) atoms. The average Bonchev–Trinajstić information content (AvgIpc) is 3.19. The molecule has 0 aliphatic heterocycles. The summed E-state index contributed by atoms with van der Waals surface area (Å²) in [7, 11) is 0. The molecule has 3 rings (SSSR count). The maximum absolute atomic E-state index is 12.9. The molecule has 110 valence electrons. The summed E-state index contributed by atoms with van der Waals surface area (Å²) in [5, 5.41) is 11.1. The molecule has 1 N–H and O–H groups in total. The van der Waals surface area contributed by atoms with Crippen molar-refractivity contribution in [3.05, 3.63) is 40.4 Å². The van der Waals surface area contributed by atoms with E-state index < -0.39 is 23.2 Å². The fraction of sp³-hybridized carbons (Fsp3) is 0.308. The number of hydrogen-bond acceptors (Lipinski definition) is 4. The number of nitrogens with zero attached hydrogens (tertiary/aromatic N) is 2. The number of anilines is 1. The molecule has 0 spiro atoms. The zero-order chi connectivity index (χ0) is 15.0. The fourth-order valence-corrected chi connectivity index (χ4v) is 2.78. The average molecular weight is 313 g/mol. The third-order valence-corrected chi connectivity index (χ3v) is 4.07. The molecule has 2 aromatic rings. The van der Waals surface area contributed by atoms with Crippen LogP contribution in [0.5, 0.6) is 0 Å². The highest BCUT2D eigenvalue weighted by Gasteiger charge is 2.35. The van der Waals surface area contributed by atoms with Gasteiger partial charge in [-0.1, -0.05) is 23.5 Å². The van der Waals surface area contributed by atoms with E-state index in [1.54, 1.807) is 0 Å². The van der Waals surface area contributed by atoms with Crippen LogP contribution in [-0.4, -0.2) is 16.1 Å². The van der Waals surface area contributed by atoms with Gasteiger partial charge in [0.1, 0.15) is 5.01 Å². The molecule has 1 amide bonds. The lowest BCUT2D eigenvalue weighted by Crippen LogP contribution is -2.18. The molecule has 1 aliphatic rings. The molecule has 1 aromatic carbocycles. The number of rotatable bonds is 3. The molecule has 1 aromatic heterocycles. The Kier molecular flexibility index (Phi) is 3.40. The second kappa shape index (κ2) is 5.10. The van der Waals surface area contributed by atoms with Crippen LogP contribution in [0.3, 0.4) is 0 Å². The van der Waals surface area contributed by atoms with Crippen molar-refractivity contribution in [1.29, 1.82) is 0 Å². The maximum Gasteiger partial charge on any atom is 0.417 e. The standard InChI is InChI=1S/C13H10F3N3OS/c14-13(15,16)9-4-2-1-3-8(9)10(20)17-12-19-18-11(21-12)7-5-6-7/h1-4,7H,5-6H2,(H,17,19,20). The van der Waals surface area contributed by atoms with Crippen LogP contribution in [0.2, 0.25) is 0 Å². The van der Waals surface area contributed by atoms with Gasteiger partial charge in [0, 0.05) is 5.92 Å². The topological polar surface area (TPSA) is 54.9 Å². The van der Waals surface area contributed by atoms with Crippen LogP contribution in [0.25, 0.3) is 0 Å². The SMILES string of the molecule is O=C(Nc1nnc(C2CC2)s1)c1ccccc1C(F)(F)F. The zero-order valence-electron chi connectivity index (χ0n) is 10.6. The lowest BCUT2D eigenvalue weighted by molar-refractivity contribution is -0.137. The molecule has 1 heterocycles. The highest BCUT2D eigenvalue weighted by molar-refractivity contribution is 7.15. The van der Waals surface area contributed by atoms with E-state index >= 15 is 0 Å². The van der Waals surface area contributed by atoms with E-state index in [4.69, 9.17) is 0 Å². The van der Waals surface area contributed by atoms with Crippen molar-refractivity contribution in [1.82, 2.24) is 10.2 Å². The number of carbonyl (C=O) groups is 1. The summed E-state index contributed by atoms with van der Waals surface area (Å²) < 4.78 is 38.6. The molecule has 1 fully saturated rings. The number of halogens is 3. The summed E-state index contributed by atoms with van der Waals surface area (Å²) in [4.78, 5) is 12.0. The van der Waals surface area contributed by atoms with Gasteiger partial charge in [-0.2, -0.15) is 13.2 Å². The van der Waals surface area contributed by atoms with Gasteiger partial charge in [0.15, 0.2) is 0 Å². The highest BCUT2D eigenvalue weighted by atomic mass is 32.1.